The zero-order chi connectivity index (χ0) is 23.9. The van der Waals surface area contributed by atoms with E-state index in [1.807, 2.05) is 0 Å². The summed E-state index contributed by atoms with van der Waals surface area (Å²) in [6.07, 6.45) is 1.45. The molecule has 0 radical (unpaired) electrons. The molecule has 0 aliphatic rings. The minimum atomic E-state index is -4.06. The van der Waals surface area contributed by atoms with Gasteiger partial charge in [0.15, 0.2) is 0 Å². The monoisotopic (exact) mass is 478 g/mol. The summed E-state index contributed by atoms with van der Waals surface area (Å²) in [6.45, 7) is 8.81. The van der Waals surface area contributed by atoms with E-state index in [-0.39, 0.29) is 41.2 Å². The molecule has 2 aromatic carbocycles. The fraction of sp³-hybridized carbons (Fsp3) is 0.304. The highest BCUT2D eigenvalue weighted by Gasteiger charge is 2.28. The van der Waals surface area contributed by atoms with Gasteiger partial charge in [0, 0.05) is 11.6 Å². The van der Waals surface area contributed by atoms with Gasteiger partial charge in [-0.3, -0.25) is 13.9 Å². The topological polar surface area (TPSA) is 84.0 Å². The first-order chi connectivity index (χ1) is 15.1. The van der Waals surface area contributed by atoms with Crippen LogP contribution in [-0.4, -0.2) is 50.9 Å². The molecule has 0 fully saturated rings. The second-order valence-corrected chi connectivity index (χ2v) is 9.41. The molecule has 0 spiro atoms. The van der Waals surface area contributed by atoms with Crippen molar-refractivity contribution in [2.24, 2.45) is 0 Å². The van der Waals surface area contributed by atoms with Crippen LogP contribution in [0.5, 0.6) is 0 Å². The first-order valence-corrected chi connectivity index (χ1v) is 11.9. The zero-order valence-electron chi connectivity index (χ0n) is 18.3. The van der Waals surface area contributed by atoms with Crippen molar-refractivity contribution in [2.45, 2.75) is 31.7 Å². The van der Waals surface area contributed by atoms with Gasteiger partial charge in [0.25, 0.3) is 15.9 Å². The van der Waals surface area contributed by atoms with Crippen LogP contribution < -0.4 is 4.31 Å². The van der Waals surface area contributed by atoms with Crippen LogP contribution in [0.15, 0.2) is 66.1 Å². The summed E-state index contributed by atoms with van der Waals surface area (Å²) in [5.41, 5.74) is 0.443. The quantitative estimate of drug-likeness (QED) is 0.378. The molecule has 0 aromatic heterocycles. The van der Waals surface area contributed by atoms with Gasteiger partial charge in [-0.1, -0.05) is 35.9 Å². The van der Waals surface area contributed by atoms with E-state index in [0.29, 0.717) is 5.69 Å². The lowest BCUT2D eigenvalue weighted by atomic mass is 10.1. The Morgan fingerprint density at radius 1 is 1.16 bits per heavy atom. The highest BCUT2D eigenvalue weighted by Crippen LogP contribution is 2.30. The maximum Gasteiger partial charge on any atom is 0.325 e. The van der Waals surface area contributed by atoms with E-state index in [4.69, 9.17) is 16.3 Å². The molecular formula is C23H27ClN2O5S. The lowest BCUT2D eigenvalue weighted by molar-refractivity contribution is -0.144. The lowest BCUT2D eigenvalue weighted by Crippen LogP contribution is -2.41. The van der Waals surface area contributed by atoms with Crippen molar-refractivity contribution < 1.29 is 22.7 Å². The van der Waals surface area contributed by atoms with Gasteiger partial charge in [0.2, 0.25) is 0 Å². The second kappa shape index (κ2) is 11.2. The van der Waals surface area contributed by atoms with Crippen molar-refractivity contribution in [2.75, 3.05) is 24.0 Å². The van der Waals surface area contributed by atoms with Crippen LogP contribution in [0.4, 0.5) is 5.69 Å². The summed E-state index contributed by atoms with van der Waals surface area (Å²) in [5, 5.41) is 0.269. The first-order valence-electron chi connectivity index (χ1n) is 10.1. The third kappa shape index (κ3) is 5.89. The van der Waals surface area contributed by atoms with Crippen molar-refractivity contribution >= 4 is 39.2 Å². The van der Waals surface area contributed by atoms with Crippen LogP contribution in [0.1, 0.15) is 31.1 Å². The van der Waals surface area contributed by atoms with E-state index >= 15 is 0 Å². The van der Waals surface area contributed by atoms with E-state index in [2.05, 4.69) is 6.58 Å². The third-order valence-electron chi connectivity index (χ3n) is 4.57. The number of hydrogen-bond donors (Lipinski definition) is 0. The number of anilines is 1. The maximum atomic E-state index is 13.4. The molecule has 0 saturated heterocycles. The SMILES string of the molecule is C=CCN(c1ccccc1Cl)S(=O)(=O)c1cccc(C(=O)N(CC(=O)OCC)C(C)C)c1. The Morgan fingerprint density at radius 3 is 2.44 bits per heavy atom. The van der Waals surface area contributed by atoms with Gasteiger partial charge in [-0.2, -0.15) is 0 Å². The van der Waals surface area contributed by atoms with Crippen LogP contribution in [0.3, 0.4) is 0 Å². The molecule has 9 heteroatoms. The van der Waals surface area contributed by atoms with Crippen LogP contribution in [0.2, 0.25) is 5.02 Å². The number of para-hydroxylation sites is 1. The summed E-state index contributed by atoms with van der Waals surface area (Å²) < 4.78 is 33.0. The van der Waals surface area contributed by atoms with Gasteiger partial charge in [0.05, 0.1) is 28.8 Å². The molecule has 32 heavy (non-hydrogen) atoms. The normalized spacial score (nSPS) is 11.2. The lowest BCUT2D eigenvalue weighted by Gasteiger charge is -2.27. The Hall–Kier alpha value is -2.84. The molecule has 0 unspecified atom stereocenters. The Morgan fingerprint density at radius 2 is 1.84 bits per heavy atom. The van der Waals surface area contributed by atoms with E-state index in [1.165, 1.54) is 35.2 Å². The van der Waals surface area contributed by atoms with Crippen LogP contribution in [-0.2, 0) is 19.6 Å². The zero-order valence-corrected chi connectivity index (χ0v) is 19.9. The fourth-order valence-electron chi connectivity index (χ4n) is 3.01. The number of hydrogen-bond acceptors (Lipinski definition) is 5. The van der Waals surface area contributed by atoms with Gasteiger partial charge in [-0.25, -0.2) is 8.42 Å². The molecular weight excluding hydrogens is 452 g/mol. The van der Waals surface area contributed by atoms with Crippen molar-refractivity contribution in [3.8, 4) is 0 Å². The number of benzene rings is 2. The molecule has 0 heterocycles. The van der Waals surface area contributed by atoms with Gasteiger partial charge in [-0.05, 0) is 51.1 Å². The summed E-state index contributed by atoms with van der Waals surface area (Å²) in [6, 6.07) is 12.0. The molecule has 0 bridgehead atoms. The summed E-state index contributed by atoms with van der Waals surface area (Å²) in [5.74, 6) is -1.01. The van der Waals surface area contributed by atoms with Gasteiger partial charge in [-0.15, -0.1) is 6.58 Å². The largest absolute Gasteiger partial charge is 0.465 e. The predicted octanol–water partition coefficient (Wildman–Crippen LogP) is 4.14. The van der Waals surface area contributed by atoms with E-state index in [0.717, 1.165) is 4.31 Å². The number of ether oxygens (including phenoxy) is 1. The van der Waals surface area contributed by atoms with Gasteiger partial charge >= 0.3 is 5.97 Å². The Bertz CT molecular complexity index is 1090. The molecule has 1 amide bonds. The smallest absolute Gasteiger partial charge is 0.325 e. The number of sulfonamides is 1. The van der Waals surface area contributed by atoms with Crippen LogP contribution in [0.25, 0.3) is 0 Å². The fourth-order valence-corrected chi connectivity index (χ4v) is 4.80. The Balaban J connectivity index is 2.45. The van der Waals surface area contributed by atoms with Crippen LogP contribution >= 0.6 is 11.6 Å². The molecule has 2 rings (SSSR count). The number of halogens is 1. The first kappa shape index (κ1) is 25.4. The van der Waals surface area contributed by atoms with Crippen LogP contribution in [0, 0.1) is 0 Å². The maximum absolute atomic E-state index is 13.4. The Labute approximate surface area is 194 Å². The molecule has 0 atom stereocenters. The summed E-state index contributed by atoms with van der Waals surface area (Å²) in [4.78, 5) is 26.3. The number of rotatable bonds is 10. The number of amides is 1. The van der Waals surface area contributed by atoms with Gasteiger partial charge in [0.1, 0.15) is 6.54 Å². The molecule has 172 valence electrons. The number of carbonyl (C=O) groups excluding carboxylic acids is 2. The average molecular weight is 479 g/mol. The number of nitrogens with zero attached hydrogens (tertiary/aromatic N) is 2. The van der Waals surface area contributed by atoms with E-state index < -0.39 is 21.9 Å². The molecule has 2 aromatic rings. The number of carbonyl (C=O) groups is 2. The minimum Gasteiger partial charge on any atom is -0.465 e. The highest BCUT2D eigenvalue weighted by molar-refractivity contribution is 7.92. The standard InChI is InChI=1S/C23H27ClN2O5S/c1-5-14-26(21-13-8-7-12-20(21)24)32(29,30)19-11-9-10-18(15-19)23(28)25(17(3)4)16-22(27)31-6-2/h5,7-13,15,17H,1,6,14,16H2,2-4H3. The third-order valence-corrected chi connectivity index (χ3v) is 6.67. The van der Waals surface area contributed by atoms with Crippen molar-refractivity contribution in [3.63, 3.8) is 0 Å². The van der Waals surface area contributed by atoms with Gasteiger partial charge < -0.3 is 9.64 Å². The van der Waals surface area contributed by atoms with E-state index in [9.17, 15) is 18.0 Å². The molecule has 0 N–H and O–H groups in total. The predicted molar refractivity (Wildman–Crippen MR) is 125 cm³/mol. The second-order valence-electron chi connectivity index (χ2n) is 7.14. The van der Waals surface area contributed by atoms with E-state index in [1.54, 1.807) is 45.0 Å². The van der Waals surface area contributed by atoms with Crippen molar-refractivity contribution in [3.05, 3.63) is 71.8 Å². The molecule has 0 aliphatic heterocycles. The minimum absolute atomic E-state index is 0.00871. The molecule has 7 nitrogen and oxygen atoms in total. The molecule has 0 saturated carbocycles. The Kier molecular flexibility index (Phi) is 8.86. The molecule has 0 aliphatic carbocycles. The average Bonchev–Trinajstić information content (AvgIpc) is 2.76. The summed E-state index contributed by atoms with van der Waals surface area (Å²) >= 11 is 6.24. The highest BCUT2D eigenvalue weighted by atomic mass is 35.5. The van der Waals surface area contributed by atoms with Crippen molar-refractivity contribution in [1.29, 1.82) is 0 Å². The number of esters is 1. The summed E-state index contributed by atoms with van der Waals surface area (Å²) in [7, 11) is -4.06. The van der Waals surface area contributed by atoms with Crippen molar-refractivity contribution in [1.82, 2.24) is 4.90 Å².